The molecule has 0 aliphatic carbocycles. The Labute approximate surface area is 187 Å². The number of nitrogens with zero attached hydrogens (tertiary/aromatic N) is 6. The van der Waals surface area contributed by atoms with Gasteiger partial charge in [-0.2, -0.15) is 14.7 Å². The first kappa shape index (κ1) is 20.7. The number of ether oxygens (including phenoxy) is 2. The SMILES string of the molecule is COCc1nn2c(nnc3c(CC(=O)OC)nn(-c4ccc(F)cc4)c32)c1-c1ccccc1. The van der Waals surface area contributed by atoms with Gasteiger partial charge in [-0.1, -0.05) is 30.3 Å². The van der Waals surface area contributed by atoms with Gasteiger partial charge in [0.25, 0.3) is 0 Å². The van der Waals surface area contributed by atoms with E-state index in [2.05, 4.69) is 15.3 Å². The van der Waals surface area contributed by atoms with E-state index in [-0.39, 0.29) is 18.8 Å². The Morgan fingerprint density at radius 1 is 0.970 bits per heavy atom. The summed E-state index contributed by atoms with van der Waals surface area (Å²) in [7, 11) is 2.90. The minimum atomic E-state index is -0.465. The molecule has 33 heavy (non-hydrogen) atoms. The van der Waals surface area contributed by atoms with Crippen LogP contribution in [0.2, 0.25) is 0 Å². The van der Waals surface area contributed by atoms with Crippen LogP contribution in [0.15, 0.2) is 54.6 Å². The lowest BCUT2D eigenvalue weighted by molar-refractivity contribution is -0.139. The zero-order valence-electron chi connectivity index (χ0n) is 17.9. The van der Waals surface area contributed by atoms with Crippen molar-refractivity contribution in [1.29, 1.82) is 0 Å². The first-order valence-electron chi connectivity index (χ1n) is 10.1. The normalized spacial score (nSPS) is 11.4. The molecular formula is C23H19FN6O3. The zero-order chi connectivity index (χ0) is 22.9. The number of hydrogen-bond donors (Lipinski definition) is 0. The van der Waals surface area contributed by atoms with E-state index >= 15 is 0 Å². The summed E-state index contributed by atoms with van der Waals surface area (Å²) < 4.78 is 27.0. The smallest absolute Gasteiger partial charge is 0.311 e. The molecule has 0 atom stereocenters. The van der Waals surface area contributed by atoms with E-state index in [9.17, 15) is 9.18 Å². The Morgan fingerprint density at radius 2 is 1.73 bits per heavy atom. The van der Waals surface area contributed by atoms with Crippen molar-refractivity contribution in [1.82, 2.24) is 29.6 Å². The third-order valence-electron chi connectivity index (χ3n) is 5.24. The topological polar surface area (TPSA) is 96.4 Å². The van der Waals surface area contributed by atoms with E-state index in [1.54, 1.807) is 28.4 Å². The van der Waals surface area contributed by atoms with Crippen molar-refractivity contribution in [3.05, 3.63) is 71.8 Å². The second-order valence-electron chi connectivity index (χ2n) is 7.32. The molecule has 5 aromatic rings. The van der Waals surface area contributed by atoms with E-state index in [1.165, 1.54) is 19.2 Å². The molecule has 3 aromatic heterocycles. The molecule has 0 aliphatic rings. The van der Waals surface area contributed by atoms with Crippen LogP contribution in [-0.4, -0.2) is 49.8 Å². The largest absolute Gasteiger partial charge is 0.469 e. The number of rotatable bonds is 6. The predicted molar refractivity (Wildman–Crippen MR) is 117 cm³/mol. The van der Waals surface area contributed by atoms with Crippen LogP contribution in [0.3, 0.4) is 0 Å². The van der Waals surface area contributed by atoms with Gasteiger partial charge in [-0.25, -0.2) is 9.07 Å². The summed E-state index contributed by atoms with van der Waals surface area (Å²) in [4.78, 5) is 12.0. The maximum atomic E-state index is 13.6. The number of halogens is 1. The van der Waals surface area contributed by atoms with E-state index in [1.807, 2.05) is 30.3 Å². The van der Waals surface area contributed by atoms with Crippen LogP contribution >= 0.6 is 0 Å². The number of methoxy groups -OCH3 is 2. The molecule has 0 amide bonds. The van der Waals surface area contributed by atoms with Crippen molar-refractivity contribution >= 4 is 22.8 Å². The lowest BCUT2D eigenvalue weighted by Gasteiger charge is -2.04. The Bertz CT molecular complexity index is 1460. The average molecular weight is 446 g/mol. The summed E-state index contributed by atoms with van der Waals surface area (Å²) in [6.07, 6.45) is -0.0981. The van der Waals surface area contributed by atoms with Gasteiger partial charge in [0, 0.05) is 7.11 Å². The Morgan fingerprint density at radius 3 is 2.42 bits per heavy atom. The number of aromatic nitrogens is 6. The zero-order valence-corrected chi connectivity index (χ0v) is 17.9. The number of esters is 1. The third-order valence-corrected chi connectivity index (χ3v) is 5.24. The maximum absolute atomic E-state index is 13.6. The molecule has 0 aliphatic heterocycles. The number of hydrogen-bond acceptors (Lipinski definition) is 7. The number of carbonyl (C=O) groups is 1. The minimum absolute atomic E-state index is 0.0981. The van der Waals surface area contributed by atoms with Gasteiger partial charge in [0.05, 0.1) is 37.1 Å². The van der Waals surface area contributed by atoms with E-state index in [4.69, 9.17) is 14.6 Å². The molecule has 0 N–H and O–H groups in total. The lowest BCUT2D eigenvalue weighted by atomic mass is 10.1. The standard InChI is InChI=1S/C23H19FN6O3/c1-32-13-18-20(14-6-4-3-5-7-14)22-26-25-21-17(12-19(31)33-2)27-29(23(21)30(22)28-18)16-10-8-15(24)9-11-16/h3-11H,12-13H2,1-2H3. The molecule has 0 saturated carbocycles. The van der Waals surface area contributed by atoms with Crippen molar-refractivity contribution in [2.45, 2.75) is 13.0 Å². The summed E-state index contributed by atoms with van der Waals surface area (Å²) in [6.45, 7) is 0.259. The average Bonchev–Trinajstić information content (AvgIpc) is 3.38. The van der Waals surface area contributed by atoms with E-state index < -0.39 is 5.97 Å². The molecule has 2 aromatic carbocycles. The second kappa shape index (κ2) is 8.40. The number of benzene rings is 2. The van der Waals surface area contributed by atoms with Gasteiger partial charge in [-0.3, -0.25) is 4.79 Å². The van der Waals surface area contributed by atoms with Crippen LogP contribution < -0.4 is 0 Å². The van der Waals surface area contributed by atoms with Crippen LogP contribution in [0, 0.1) is 5.82 Å². The van der Waals surface area contributed by atoms with Crippen molar-refractivity contribution < 1.29 is 18.7 Å². The highest BCUT2D eigenvalue weighted by atomic mass is 19.1. The van der Waals surface area contributed by atoms with Gasteiger partial charge in [-0.05, 0) is 29.8 Å². The van der Waals surface area contributed by atoms with Gasteiger partial charge >= 0.3 is 5.97 Å². The highest BCUT2D eigenvalue weighted by Crippen LogP contribution is 2.30. The van der Waals surface area contributed by atoms with Gasteiger partial charge < -0.3 is 9.47 Å². The van der Waals surface area contributed by atoms with Crippen molar-refractivity contribution in [3.63, 3.8) is 0 Å². The molecule has 166 valence electrons. The molecule has 10 heteroatoms. The third kappa shape index (κ3) is 3.60. The first-order chi connectivity index (χ1) is 16.1. The summed E-state index contributed by atoms with van der Waals surface area (Å²) >= 11 is 0. The molecule has 0 bridgehead atoms. The van der Waals surface area contributed by atoms with Gasteiger partial charge in [0.15, 0.2) is 16.8 Å². The number of fused-ring (bicyclic) bond motifs is 3. The van der Waals surface area contributed by atoms with Gasteiger partial charge in [0.2, 0.25) is 0 Å². The molecule has 9 nitrogen and oxygen atoms in total. The minimum Gasteiger partial charge on any atom is -0.469 e. The fourth-order valence-corrected chi connectivity index (χ4v) is 3.76. The first-order valence-corrected chi connectivity index (χ1v) is 10.1. The Kier molecular flexibility index (Phi) is 5.27. The van der Waals surface area contributed by atoms with Crippen LogP contribution in [0.1, 0.15) is 11.4 Å². The molecule has 0 fully saturated rings. The van der Waals surface area contributed by atoms with Crippen LogP contribution in [0.5, 0.6) is 0 Å². The molecule has 0 unspecified atom stereocenters. The lowest BCUT2D eigenvalue weighted by Crippen LogP contribution is -2.06. The highest BCUT2D eigenvalue weighted by Gasteiger charge is 2.24. The summed E-state index contributed by atoms with van der Waals surface area (Å²) in [5, 5.41) is 18.2. The highest BCUT2D eigenvalue weighted by molar-refractivity contribution is 5.87. The molecule has 0 saturated heterocycles. The summed E-state index contributed by atoms with van der Waals surface area (Å²) in [5.41, 5.74) is 4.72. The van der Waals surface area contributed by atoms with Crippen molar-refractivity contribution in [3.8, 4) is 16.8 Å². The van der Waals surface area contributed by atoms with Gasteiger partial charge in [0.1, 0.15) is 11.5 Å². The molecule has 5 rings (SSSR count). The van der Waals surface area contributed by atoms with Crippen LogP contribution in [-0.2, 0) is 27.3 Å². The molecule has 0 radical (unpaired) electrons. The Hall–Kier alpha value is -4.18. The number of carbonyl (C=O) groups excluding carboxylic acids is 1. The monoisotopic (exact) mass is 446 g/mol. The van der Waals surface area contributed by atoms with Gasteiger partial charge in [-0.15, -0.1) is 10.2 Å². The van der Waals surface area contributed by atoms with E-state index in [0.29, 0.717) is 33.9 Å². The second-order valence-corrected chi connectivity index (χ2v) is 7.32. The molecular weight excluding hydrogens is 427 g/mol. The summed E-state index contributed by atoms with van der Waals surface area (Å²) in [6, 6.07) is 15.6. The fourth-order valence-electron chi connectivity index (χ4n) is 3.76. The quantitative estimate of drug-likeness (QED) is 0.370. The predicted octanol–water partition coefficient (Wildman–Crippen LogP) is 3.13. The maximum Gasteiger partial charge on any atom is 0.311 e. The Balaban J connectivity index is 1.84. The summed E-state index contributed by atoms with van der Waals surface area (Å²) in [5.74, 6) is -0.837. The van der Waals surface area contributed by atoms with Crippen molar-refractivity contribution in [2.75, 3.05) is 14.2 Å². The molecule has 0 spiro atoms. The van der Waals surface area contributed by atoms with Crippen LogP contribution in [0.4, 0.5) is 4.39 Å². The molecule has 3 heterocycles. The van der Waals surface area contributed by atoms with Crippen molar-refractivity contribution in [2.24, 2.45) is 0 Å². The van der Waals surface area contributed by atoms with E-state index in [0.717, 1.165) is 11.1 Å². The fraction of sp³-hybridized carbons (Fsp3) is 0.174. The van der Waals surface area contributed by atoms with Crippen LogP contribution in [0.25, 0.3) is 33.6 Å².